The van der Waals surface area contributed by atoms with Crippen molar-refractivity contribution < 1.29 is 5.11 Å². The van der Waals surface area contributed by atoms with Gasteiger partial charge in [0.15, 0.2) is 0 Å². The van der Waals surface area contributed by atoms with Gasteiger partial charge in [0.2, 0.25) is 0 Å². The lowest BCUT2D eigenvalue weighted by Crippen LogP contribution is -2.26. The molecule has 5 heteroatoms. The average molecular weight is 300 g/mol. The van der Waals surface area contributed by atoms with Crippen LogP contribution in [0.2, 0.25) is 5.15 Å². The van der Waals surface area contributed by atoms with Gasteiger partial charge >= 0.3 is 0 Å². The number of rotatable bonds is 5. The fourth-order valence-electron chi connectivity index (χ4n) is 1.71. The van der Waals surface area contributed by atoms with Gasteiger partial charge in [0, 0.05) is 24.1 Å². The summed E-state index contributed by atoms with van der Waals surface area (Å²) in [4.78, 5) is 8.96. The van der Waals surface area contributed by atoms with Crippen molar-refractivity contribution in [3.8, 4) is 0 Å². The lowest BCUT2D eigenvalue weighted by atomic mass is 9.90. The molecule has 2 N–H and O–H groups in total. The fraction of sp³-hybridized carbons (Fsp3) is 0.733. The number of hydrogen-bond acceptors (Lipinski definition) is 4. The number of aliphatic hydroxyl groups excluding tert-OH is 1. The summed E-state index contributed by atoms with van der Waals surface area (Å²) in [5, 5.41) is 12.9. The maximum absolute atomic E-state index is 9.07. The van der Waals surface area contributed by atoms with Crippen LogP contribution in [0, 0.1) is 12.3 Å². The minimum atomic E-state index is -0.144. The third-order valence-corrected chi connectivity index (χ3v) is 3.65. The summed E-state index contributed by atoms with van der Waals surface area (Å²) in [5.41, 5.74) is 0.717. The molecule has 0 saturated heterocycles. The second-order valence-corrected chi connectivity index (χ2v) is 7.41. The summed E-state index contributed by atoms with van der Waals surface area (Å²) in [6.07, 6.45) is 0.740. The molecule has 4 nitrogen and oxygen atoms in total. The predicted octanol–water partition coefficient (Wildman–Crippen LogP) is 3.56. The monoisotopic (exact) mass is 299 g/mol. The molecule has 0 unspecified atom stereocenters. The first-order chi connectivity index (χ1) is 9.07. The summed E-state index contributed by atoms with van der Waals surface area (Å²) in [6.45, 7) is 13.2. The van der Waals surface area contributed by atoms with Gasteiger partial charge in [-0.1, -0.05) is 46.2 Å². The van der Waals surface area contributed by atoms with Crippen LogP contribution in [0.5, 0.6) is 0 Å². The van der Waals surface area contributed by atoms with Gasteiger partial charge in [-0.05, 0) is 18.8 Å². The van der Waals surface area contributed by atoms with Crippen LogP contribution >= 0.6 is 11.6 Å². The molecule has 0 radical (unpaired) electrons. The summed E-state index contributed by atoms with van der Waals surface area (Å²) < 4.78 is 0. The van der Waals surface area contributed by atoms with E-state index in [0.717, 1.165) is 30.2 Å². The molecule has 1 aromatic rings. The zero-order chi connectivity index (χ0) is 15.6. The Morgan fingerprint density at radius 3 is 2.25 bits per heavy atom. The molecule has 0 aliphatic heterocycles. The van der Waals surface area contributed by atoms with Crippen molar-refractivity contribution in [2.45, 2.75) is 53.4 Å². The lowest BCUT2D eigenvalue weighted by Gasteiger charge is -2.25. The summed E-state index contributed by atoms with van der Waals surface area (Å²) in [7, 11) is 0. The highest BCUT2D eigenvalue weighted by molar-refractivity contribution is 6.30. The Morgan fingerprint density at radius 2 is 1.75 bits per heavy atom. The number of anilines is 1. The van der Waals surface area contributed by atoms with Crippen molar-refractivity contribution in [1.29, 1.82) is 0 Å². The normalized spacial score (nSPS) is 12.6. The average Bonchev–Trinajstić information content (AvgIpc) is 2.29. The van der Waals surface area contributed by atoms with Crippen LogP contribution in [0.1, 0.15) is 52.4 Å². The molecular formula is C15H26ClN3O. The van der Waals surface area contributed by atoms with E-state index in [9.17, 15) is 0 Å². The van der Waals surface area contributed by atoms with Crippen LogP contribution in [0.3, 0.4) is 0 Å². The lowest BCUT2D eigenvalue weighted by molar-refractivity contribution is 0.220. The predicted molar refractivity (Wildman–Crippen MR) is 84.5 cm³/mol. The number of halogens is 1. The number of nitrogens with one attached hydrogen (secondary N) is 1. The third kappa shape index (κ3) is 4.60. The van der Waals surface area contributed by atoms with E-state index in [1.54, 1.807) is 0 Å². The summed E-state index contributed by atoms with van der Waals surface area (Å²) in [5.74, 6) is 1.51. The highest BCUT2D eigenvalue weighted by Crippen LogP contribution is 2.27. The first-order valence-corrected chi connectivity index (χ1v) is 7.34. The third-order valence-electron chi connectivity index (χ3n) is 3.28. The van der Waals surface area contributed by atoms with Gasteiger partial charge in [-0.3, -0.25) is 0 Å². The standard InChI is InChI=1S/C15H26ClN3O/c1-10-11(16)18-13(14(2,3)4)19-12(10)17-9-15(5,6)7-8-20/h20H,7-9H2,1-6H3,(H,17,18,19). The van der Waals surface area contributed by atoms with E-state index in [1.807, 2.05) is 6.92 Å². The Hall–Kier alpha value is -0.870. The van der Waals surface area contributed by atoms with E-state index >= 15 is 0 Å². The van der Waals surface area contributed by atoms with Crippen molar-refractivity contribution >= 4 is 17.4 Å². The first kappa shape index (κ1) is 17.2. The Kier molecular flexibility index (Phi) is 5.39. The Labute approximate surface area is 127 Å². The van der Waals surface area contributed by atoms with Gasteiger partial charge in [-0.2, -0.15) is 0 Å². The zero-order valence-electron chi connectivity index (χ0n) is 13.3. The molecule has 1 rings (SSSR count). The topological polar surface area (TPSA) is 58.0 Å². The highest BCUT2D eigenvalue weighted by Gasteiger charge is 2.22. The Balaban J connectivity index is 2.98. The minimum Gasteiger partial charge on any atom is -0.396 e. The van der Waals surface area contributed by atoms with E-state index in [2.05, 4.69) is 49.9 Å². The molecule has 0 aromatic carbocycles. The van der Waals surface area contributed by atoms with E-state index in [4.69, 9.17) is 16.7 Å². The molecule has 0 bridgehead atoms. The zero-order valence-corrected chi connectivity index (χ0v) is 14.1. The molecule has 114 valence electrons. The molecule has 0 aliphatic rings. The maximum atomic E-state index is 9.07. The van der Waals surface area contributed by atoms with E-state index in [-0.39, 0.29) is 17.4 Å². The largest absolute Gasteiger partial charge is 0.396 e. The molecule has 0 fully saturated rings. The Morgan fingerprint density at radius 1 is 1.15 bits per heavy atom. The number of aliphatic hydroxyl groups is 1. The second kappa shape index (κ2) is 6.27. The fourth-order valence-corrected chi connectivity index (χ4v) is 1.88. The van der Waals surface area contributed by atoms with Crippen molar-refractivity contribution in [3.05, 3.63) is 16.5 Å². The van der Waals surface area contributed by atoms with Gasteiger partial charge in [0.05, 0.1) is 0 Å². The molecule has 0 spiro atoms. The summed E-state index contributed by atoms with van der Waals surface area (Å²) >= 11 is 6.21. The van der Waals surface area contributed by atoms with E-state index < -0.39 is 0 Å². The van der Waals surface area contributed by atoms with Crippen molar-refractivity contribution in [2.24, 2.45) is 5.41 Å². The molecule has 0 aliphatic carbocycles. The summed E-state index contributed by atoms with van der Waals surface area (Å²) in [6, 6.07) is 0. The van der Waals surface area contributed by atoms with Crippen molar-refractivity contribution in [2.75, 3.05) is 18.5 Å². The van der Waals surface area contributed by atoms with Crippen molar-refractivity contribution in [3.63, 3.8) is 0 Å². The van der Waals surface area contributed by atoms with Gasteiger partial charge in [-0.15, -0.1) is 0 Å². The molecule has 1 aromatic heterocycles. The van der Waals surface area contributed by atoms with Crippen LogP contribution in [0.25, 0.3) is 0 Å². The van der Waals surface area contributed by atoms with Crippen LogP contribution < -0.4 is 5.32 Å². The number of aromatic nitrogens is 2. The van der Waals surface area contributed by atoms with Gasteiger partial charge < -0.3 is 10.4 Å². The van der Waals surface area contributed by atoms with Crippen LogP contribution in [0.4, 0.5) is 5.82 Å². The number of hydrogen-bond donors (Lipinski definition) is 2. The Bertz CT molecular complexity index is 467. The van der Waals surface area contributed by atoms with Crippen molar-refractivity contribution in [1.82, 2.24) is 9.97 Å². The van der Waals surface area contributed by atoms with Crippen LogP contribution in [0.15, 0.2) is 0 Å². The van der Waals surface area contributed by atoms with Gasteiger partial charge in [0.1, 0.15) is 16.8 Å². The van der Waals surface area contributed by atoms with E-state index in [0.29, 0.717) is 5.15 Å². The molecule has 0 atom stereocenters. The quantitative estimate of drug-likeness (QED) is 0.816. The molecule has 20 heavy (non-hydrogen) atoms. The SMILES string of the molecule is Cc1c(Cl)nc(C(C)(C)C)nc1NCC(C)(C)CCO. The number of nitrogens with zero attached hydrogens (tertiary/aromatic N) is 2. The van der Waals surface area contributed by atoms with Gasteiger partial charge in [-0.25, -0.2) is 9.97 Å². The molecule has 0 saturated carbocycles. The smallest absolute Gasteiger partial charge is 0.137 e. The maximum Gasteiger partial charge on any atom is 0.137 e. The molecular weight excluding hydrogens is 274 g/mol. The minimum absolute atomic E-state index is 0.000508. The van der Waals surface area contributed by atoms with E-state index in [1.165, 1.54) is 0 Å². The highest BCUT2D eigenvalue weighted by atomic mass is 35.5. The van der Waals surface area contributed by atoms with Gasteiger partial charge in [0.25, 0.3) is 0 Å². The first-order valence-electron chi connectivity index (χ1n) is 6.96. The van der Waals surface area contributed by atoms with Crippen LogP contribution in [-0.4, -0.2) is 28.2 Å². The second-order valence-electron chi connectivity index (χ2n) is 7.05. The molecule has 0 amide bonds. The van der Waals surface area contributed by atoms with Crippen LogP contribution in [-0.2, 0) is 5.41 Å². The molecule has 1 heterocycles.